The molecular weight excluding hydrogens is 220 g/mol. The van der Waals surface area contributed by atoms with Crippen LogP contribution in [0.25, 0.3) is 0 Å². The third-order valence-electron chi connectivity index (χ3n) is 2.24. The molecule has 1 fully saturated rings. The fourth-order valence-corrected chi connectivity index (χ4v) is 2.72. The summed E-state index contributed by atoms with van der Waals surface area (Å²) in [6.07, 6.45) is 0. The Kier molecular flexibility index (Phi) is 3.72. The molecule has 0 aromatic carbocycles. The highest BCUT2D eigenvalue weighted by molar-refractivity contribution is 8.01. The molecule has 15 heavy (non-hydrogen) atoms. The second kappa shape index (κ2) is 4.48. The van der Waals surface area contributed by atoms with Crippen molar-refractivity contribution in [1.82, 2.24) is 5.32 Å². The summed E-state index contributed by atoms with van der Waals surface area (Å²) >= 11 is 1.09. The second-order valence-electron chi connectivity index (χ2n) is 3.48. The van der Waals surface area contributed by atoms with E-state index in [1.54, 1.807) is 0 Å². The van der Waals surface area contributed by atoms with Gasteiger partial charge in [-0.15, -0.1) is 11.8 Å². The Morgan fingerprint density at radius 1 is 1.73 bits per heavy atom. The molecular formula is C8H14N2O4S. The summed E-state index contributed by atoms with van der Waals surface area (Å²) in [6.45, 7) is 1.05. The largest absolute Gasteiger partial charge is 0.480 e. The first-order valence-electron chi connectivity index (χ1n) is 4.48. The number of carboxylic acid groups (broad SMARTS) is 1. The maximum Gasteiger partial charge on any atom is 0.321 e. The fraction of sp³-hybridized carbons (Fsp3) is 0.750. The van der Waals surface area contributed by atoms with Gasteiger partial charge in [0.05, 0.1) is 12.6 Å². The van der Waals surface area contributed by atoms with Crippen LogP contribution in [0.2, 0.25) is 0 Å². The average Bonchev–Trinajstić information content (AvgIpc) is 2.62. The zero-order valence-corrected chi connectivity index (χ0v) is 9.08. The van der Waals surface area contributed by atoms with Crippen molar-refractivity contribution in [2.75, 3.05) is 12.4 Å². The van der Waals surface area contributed by atoms with Crippen LogP contribution in [0.1, 0.15) is 6.92 Å². The maximum absolute atomic E-state index is 11.7. The summed E-state index contributed by atoms with van der Waals surface area (Å²) in [7, 11) is 0. The van der Waals surface area contributed by atoms with Gasteiger partial charge in [0.15, 0.2) is 5.78 Å². The number of carbonyl (C=O) groups excluding carboxylic acids is 1. The number of aliphatic hydroxyl groups excluding tert-OH is 1. The van der Waals surface area contributed by atoms with E-state index in [1.165, 1.54) is 6.92 Å². The Morgan fingerprint density at radius 2 is 2.33 bits per heavy atom. The molecule has 3 atom stereocenters. The van der Waals surface area contributed by atoms with Crippen molar-refractivity contribution >= 4 is 23.5 Å². The van der Waals surface area contributed by atoms with Crippen LogP contribution in [0.4, 0.5) is 0 Å². The Bertz CT molecular complexity index is 284. The smallest absolute Gasteiger partial charge is 0.321 e. The molecule has 0 aliphatic carbocycles. The third-order valence-corrected chi connectivity index (χ3v) is 3.68. The average molecular weight is 234 g/mol. The molecule has 5 N–H and O–H groups in total. The van der Waals surface area contributed by atoms with Crippen molar-refractivity contribution in [2.24, 2.45) is 5.73 Å². The van der Waals surface area contributed by atoms with Gasteiger partial charge in [-0.05, 0) is 6.92 Å². The first-order valence-corrected chi connectivity index (χ1v) is 5.46. The number of Topliss-reactive ketones (excluding diaryl/α,β-unsaturated/α-hetero) is 1. The molecule has 1 rings (SSSR count). The molecule has 2 unspecified atom stereocenters. The van der Waals surface area contributed by atoms with Crippen molar-refractivity contribution in [2.45, 2.75) is 23.9 Å². The SMILES string of the molecule is C[C@H](N)C(=O)C1(CO)NC(C(=O)O)CS1. The van der Waals surface area contributed by atoms with Crippen LogP contribution in [0.5, 0.6) is 0 Å². The minimum Gasteiger partial charge on any atom is -0.480 e. The molecule has 0 bridgehead atoms. The topological polar surface area (TPSA) is 113 Å². The number of hydrogen-bond acceptors (Lipinski definition) is 6. The van der Waals surface area contributed by atoms with Crippen molar-refractivity contribution in [1.29, 1.82) is 0 Å². The molecule has 0 aromatic rings. The molecule has 6 nitrogen and oxygen atoms in total. The highest BCUT2D eigenvalue weighted by Crippen LogP contribution is 2.31. The number of aliphatic hydroxyl groups is 1. The van der Waals surface area contributed by atoms with Gasteiger partial charge in [0.25, 0.3) is 0 Å². The van der Waals surface area contributed by atoms with Crippen LogP contribution < -0.4 is 11.1 Å². The minimum absolute atomic E-state index is 0.244. The predicted molar refractivity (Wildman–Crippen MR) is 55.5 cm³/mol. The Balaban J connectivity index is 2.81. The molecule has 0 aromatic heterocycles. The molecule has 0 radical (unpaired) electrons. The molecule has 1 aliphatic heterocycles. The van der Waals surface area contributed by atoms with E-state index < -0.39 is 29.5 Å². The molecule has 0 amide bonds. The van der Waals surface area contributed by atoms with Gasteiger partial charge in [-0.25, -0.2) is 0 Å². The number of nitrogens with two attached hydrogens (primary N) is 1. The van der Waals surface area contributed by atoms with E-state index in [0.29, 0.717) is 0 Å². The number of hydrogen-bond donors (Lipinski definition) is 4. The van der Waals surface area contributed by atoms with E-state index >= 15 is 0 Å². The maximum atomic E-state index is 11.7. The minimum atomic E-state index is -1.25. The standard InChI is InChI=1S/C8H14N2O4S/c1-4(9)6(12)8(3-11)10-5(2-15-8)7(13)14/h4-5,10-11H,2-3,9H2,1H3,(H,13,14)/t4-,5?,8?/m0/s1. The number of thioether (sulfide) groups is 1. The third kappa shape index (κ3) is 2.31. The number of carboxylic acids is 1. The van der Waals surface area contributed by atoms with Gasteiger partial charge in [0.2, 0.25) is 0 Å². The molecule has 1 heterocycles. The van der Waals surface area contributed by atoms with Gasteiger partial charge in [0, 0.05) is 5.75 Å². The lowest BCUT2D eigenvalue weighted by molar-refractivity contribution is -0.139. The normalized spacial score (nSPS) is 32.6. The highest BCUT2D eigenvalue weighted by Gasteiger charge is 2.48. The van der Waals surface area contributed by atoms with Crippen LogP contribution >= 0.6 is 11.8 Å². The van der Waals surface area contributed by atoms with E-state index in [9.17, 15) is 14.7 Å². The van der Waals surface area contributed by atoms with Crippen molar-refractivity contribution in [3.8, 4) is 0 Å². The molecule has 1 saturated heterocycles. The van der Waals surface area contributed by atoms with Crippen LogP contribution in [0.15, 0.2) is 0 Å². The van der Waals surface area contributed by atoms with Gasteiger partial charge in [-0.3, -0.25) is 14.9 Å². The summed E-state index contributed by atoms with van der Waals surface area (Å²) in [6, 6.07) is -1.55. The van der Waals surface area contributed by atoms with Crippen molar-refractivity contribution < 1.29 is 19.8 Å². The quantitative estimate of drug-likeness (QED) is 0.462. The van der Waals surface area contributed by atoms with Gasteiger partial charge in [-0.2, -0.15) is 0 Å². The predicted octanol–water partition coefficient (Wildman–Crippen LogP) is -1.62. The van der Waals surface area contributed by atoms with Crippen molar-refractivity contribution in [3.63, 3.8) is 0 Å². The van der Waals surface area contributed by atoms with Gasteiger partial charge in [0.1, 0.15) is 10.9 Å². The number of carbonyl (C=O) groups is 2. The Labute approximate surface area is 91.2 Å². The van der Waals surface area contributed by atoms with E-state index in [2.05, 4.69) is 5.32 Å². The lowest BCUT2D eigenvalue weighted by atomic mass is 10.1. The van der Waals surface area contributed by atoms with Crippen LogP contribution in [0.3, 0.4) is 0 Å². The highest BCUT2D eigenvalue weighted by atomic mass is 32.2. The monoisotopic (exact) mass is 234 g/mol. The van der Waals surface area contributed by atoms with E-state index in [0.717, 1.165) is 11.8 Å². The summed E-state index contributed by atoms with van der Waals surface area (Å²) < 4.78 is 0. The first kappa shape index (κ1) is 12.4. The van der Waals surface area contributed by atoms with Gasteiger partial charge in [-0.1, -0.05) is 0 Å². The van der Waals surface area contributed by atoms with Crippen LogP contribution in [-0.2, 0) is 9.59 Å². The summed E-state index contributed by atoms with van der Waals surface area (Å²) in [5.41, 5.74) is 5.44. The fourth-order valence-electron chi connectivity index (χ4n) is 1.40. The zero-order valence-electron chi connectivity index (χ0n) is 8.27. The molecule has 7 heteroatoms. The lowest BCUT2D eigenvalue weighted by Crippen LogP contribution is -2.57. The molecule has 86 valence electrons. The number of nitrogens with one attached hydrogen (secondary N) is 1. The van der Waals surface area contributed by atoms with Gasteiger partial charge >= 0.3 is 5.97 Å². The van der Waals surface area contributed by atoms with E-state index in [-0.39, 0.29) is 11.5 Å². The molecule has 0 saturated carbocycles. The molecule has 1 aliphatic rings. The number of aliphatic carboxylic acids is 1. The van der Waals surface area contributed by atoms with Crippen LogP contribution in [-0.4, -0.2) is 51.3 Å². The second-order valence-corrected chi connectivity index (χ2v) is 4.80. The zero-order chi connectivity index (χ0) is 11.6. The summed E-state index contributed by atoms with van der Waals surface area (Å²) in [4.78, 5) is 21.1. The Morgan fingerprint density at radius 3 is 2.67 bits per heavy atom. The van der Waals surface area contributed by atoms with E-state index in [4.69, 9.17) is 10.8 Å². The summed E-state index contributed by atoms with van der Waals surface area (Å²) in [5, 5.41) is 20.6. The van der Waals surface area contributed by atoms with Gasteiger partial charge < -0.3 is 15.9 Å². The van der Waals surface area contributed by atoms with Crippen molar-refractivity contribution in [3.05, 3.63) is 0 Å². The number of ketones is 1. The molecule has 0 spiro atoms. The van der Waals surface area contributed by atoms with E-state index in [1.807, 2.05) is 0 Å². The lowest BCUT2D eigenvalue weighted by Gasteiger charge is -2.26. The first-order chi connectivity index (χ1) is 6.93. The summed E-state index contributed by atoms with van der Waals surface area (Å²) in [5.74, 6) is -1.16. The number of rotatable bonds is 4. The Hall–Kier alpha value is -0.630. The van der Waals surface area contributed by atoms with Crippen LogP contribution in [0, 0.1) is 0 Å².